The third-order valence-electron chi connectivity index (χ3n) is 7.85. The summed E-state index contributed by atoms with van der Waals surface area (Å²) in [5.41, 5.74) is 2.22. The first-order valence-electron chi connectivity index (χ1n) is 13.3. The van der Waals surface area contributed by atoms with Crippen molar-refractivity contribution in [2.45, 2.75) is 122 Å². The molecule has 1 aliphatic heterocycles. The minimum Gasteiger partial charge on any atom is -0.487 e. The third kappa shape index (κ3) is 6.47. The summed E-state index contributed by atoms with van der Waals surface area (Å²) in [5, 5.41) is 0. The maximum atomic E-state index is 15.0. The highest BCUT2D eigenvalue weighted by atomic mass is 19.1. The molecule has 1 unspecified atom stereocenters. The zero-order valence-electron chi connectivity index (χ0n) is 20.3. The quantitative estimate of drug-likeness (QED) is 0.371. The van der Waals surface area contributed by atoms with E-state index in [0.29, 0.717) is 23.9 Å². The van der Waals surface area contributed by atoms with Gasteiger partial charge in [0.1, 0.15) is 0 Å². The minimum atomic E-state index is -0.167. The first kappa shape index (κ1) is 24.0. The minimum absolute atomic E-state index is 0.115. The number of hydrogen-bond acceptors (Lipinski definition) is 3. The van der Waals surface area contributed by atoms with Gasteiger partial charge in [-0.05, 0) is 112 Å². The fourth-order valence-corrected chi connectivity index (χ4v) is 5.78. The van der Waals surface area contributed by atoms with Crippen LogP contribution in [0.4, 0.5) is 4.39 Å². The standard InChI is InChI=1S/C28H43FO3/c1-3-16-30-25-13-8-21(9-14-25)23-18-22-10-15-26(32-28(22)27(29)19-23)5-4-17-31-24-11-6-20(2)7-12-24/h18-21,24-26H,3-17H2,1-2H3. The molecule has 3 nitrogen and oxygen atoms in total. The maximum Gasteiger partial charge on any atom is 0.165 e. The van der Waals surface area contributed by atoms with E-state index in [-0.39, 0.29) is 11.9 Å². The van der Waals surface area contributed by atoms with Gasteiger partial charge in [0.15, 0.2) is 11.6 Å². The summed E-state index contributed by atoms with van der Waals surface area (Å²) in [5.74, 6) is 1.65. The van der Waals surface area contributed by atoms with Crippen LogP contribution in [0.2, 0.25) is 0 Å². The van der Waals surface area contributed by atoms with E-state index in [0.717, 1.165) is 88.0 Å². The molecule has 180 valence electrons. The van der Waals surface area contributed by atoms with Gasteiger partial charge in [0.25, 0.3) is 0 Å². The van der Waals surface area contributed by atoms with Crippen molar-refractivity contribution in [2.24, 2.45) is 5.92 Å². The Morgan fingerprint density at radius 1 is 0.906 bits per heavy atom. The van der Waals surface area contributed by atoms with E-state index in [4.69, 9.17) is 14.2 Å². The molecule has 32 heavy (non-hydrogen) atoms. The van der Waals surface area contributed by atoms with Gasteiger partial charge in [-0.1, -0.05) is 19.9 Å². The van der Waals surface area contributed by atoms with Gasteiger partial charge >= 0.3 is 0 Å². The molecule has 0 radical (unpaired) electrons. The average Bonchev–Trinajstić information content (AvgIpc) is 2.82. The molecule has 3 aliphatic rings. The van der Waals surface area contributed by atoms with Crippen LogP contribution in [0.25, 0.3) is 0 Å². The molecule has 1 aromatic carbocycles. The summed E-state index contributed by atoms with van der Waals surface area (Å²) in [7, 11) is 0. The molecule has 0 N–H and O–H groups in total. The molecule has 2 fully saturated rings. The Bertz CT molecular complexity index is 705. The molecule has 0 saturated heterocycles. The van der Waals surface area contributed by atoms with Gasteiger partial charge in [-0.3, -0.25) is 0 Å². The van der Waals surface area contributed by atoms with Crippen LogP contribution >= 0.6 is 0 Å². The van der Waals surface area contributed by atoms with Crippen LogP contribution in [0.15, 0.2) is 12.1 Å². The number of hydrogen-bond donors (Lipinski definition) is 0. The van der Waals surface area contributed by atoms with Crippen molar-refractivity contribution < 1.29 is 18.6 Å². The van der Waals surface area contributed by atoms with Crippen molar-refractivity contribution >= 4 is 0 Å². The fourth-order valence-electron chi connectivity index (χ4n) is 5.78. The molecule has 0 aromatic heterocycles. The lowest BCUT2D eigenvalue weighted by Gasteiger charge is -2.31. The zero-order valence-corrected chi connectivity index (χ0v) is 20.3. The van der Waals surface area contributed by atoms with Crippen LogP contribution in [0.1, 0.15) is 108 Å². The topological polar surface area (TPSA) is 27.7 Å². The van der Waals surface area contributed by atoms with E-state index in [2.05, 4.69) is 19.9 Å². The van der Waals surface area contributed by atoms with E-state index in [9.17, 15) is 4.39 Å². The molecule has 0 spiro atoms. The van der Waals surface area contributed by atoms with Crippen molar-refractivity contribution in [1.29, 1.82) is 0 Å². The van der Waals surface area contributed by atoms with Crippen molar-refractivity contribution in [3.63, 3.8) is 0 Å². The molecule has 0 amide bonds. The summed E-state index contributed by atoms with van der Waals surface area (Å²) in [6.07, 6.45) is 15.2. The molecule has 0 bridgehead atoms. The van der Waals surface area contributed by atoms with E-state index in [1.807, 2.05) is 0 Å². The van der Waals surface area contributed by atoms with E-state index < -0.39 is 0 Å². The lowest BCUT2D eigenvalue weighted by atomic mass is 9.81. The largest absolute Gasteiger partial charge is 0.487 e. The lowest BCUT2D eigenvalue weighted by Crippen LogP contribution is -2.25. The summed E-state index contributed by atoms with van der Waals surface area (Å²) in [4.78, 5) is 0. The molecule has 4 heteroatoms. The van der Waals surface area contributed by atoms with Crippen LogP contribution in [0, 0.1) is 11.7 Å². The molecule has 4 rings (SSSR count). The van der Waals surface area contributed by atoms with E-state index in [1.165, 1.54) is 25.7 Å². The Labute approximate surface area is 194 Å². The smallest absolute Gasteiger partial charge is 0.165 e. The number of benzene rings is 1. The highest BCUT2D eigenvalue weighted by molar-refractivity contribution is 5.41. The third-order valence-corrected chi connectivity index (χ3v) is 7.85. The molecule has 1 atom stereocenters. The average molecular weight is 447 g/mol. The van der Waals surface area contributed by atoms with Gasteiger partial charge < -0.3 is 14.2 Å². The Balaban J connectivity index is 1.23. The molecule has 2 saturated carbocycles. The molecular weight excluding hydrogens is 403 g/mol. The highest BCUT2D eigenvalue weighted by Crippen LogP contribution is 2.39. The first-order chi connectivity index (χ1) is 15.6. The van der Waals surface area contributed by atoms with Gasteiger partial charge in [-0.15, -0.1) is 0 Å². The van der Waals surface area contributed by atoms with Gasteiger partial charge in [0, 0.05) is 13.2 Å². The van der Waals surface area contributed by atoms with Crippen molar-refractivity contribution in [2.75, 3.05) is 13.2 Å². The normalized spacial score (nSPS) is 30.5. The second-order valence-corrected chi connectivity index (χ2v) is 10.5. The van der Waals surface area contributed by atoms with Gasteiger partial charge in [0.2, 0.25) is 0 Å². The molecular formula is C28H43FO3. The number of rotatable bonds is 9. The summed E-state index contributed by atoms with van der Waals surface area (Å²) in [6.45, 7) is 6.15. The second kappa shape index (κ2) is 11.8. The molecule has 1 heterocycles. The van der Waals surface area contributed by atoms with Gasteiger partial charge in [-0.2, -0.15) is 0 Å². The van der Waals surface area contributed by atoms with Crippen LogP contribution < -0.4 is 4.74 Å². The fraction of sp³-hybridized carbons (Fsp3) is 0.786. The van der Waals surface area contributed by atoms with Crippen molar-refractivity contribution in [1.82, 2.24) is 0 Å². The number of fused-ring (bicyclic) bond motifs is 1. The van der Waals surface area contributed by atoms with Crippen LogP contribution in [0.5, 0.6) is 5.75 Å². The molecule has 2 aliphatic carbocycles. The summed E-state index contributed by atoms with van der Waals surface area (Å²) >= 11 is 0. The lowest BCUT2D eigenvalue weighted by molar-refractivity contribution is 0.0135. The maximum absolute atomic E-state index is 15.0. The van der Waals surface area contributed by atoms with E-state index in [1.54, 1.807) is 6.07 Å². The van der Waals surface area contributed by atoms with Crippen LogP contribution in [0.3, 0.4) is 0 Å². The van der Waals surface area contributed by atoms with Crippen molar-refractivity contribution in [3.8, 4) is 5.75 Å². The van der Waals surface area contributed by atoms with E-state index >= 15 is 0 Å². The van der Waals surface area contributed by atoms with Gasteiger partial charge in [-0.25, -0.2) is 4.39 Å². The Morgan fingerprint density at radius 3 is 2.31 bits per heavy atom. The van der Waals surface area contributed by atoms with Gasteiger partial charge in [0.05, 0.1) is 18.3 Å². The zero-order chi connectivity index (χ0) is 22.3. The monoisotopic (exact) mass is 446 g/mol. The highest BCUT2D eigenvalue weighted by Gasteiger charge is 2.28. The Hall–Kier alpha value is -1.13. The number of aryl methyl sites for hydroxylation is 1. The van der Waals surface area contributed by atoms with Crippen LogP contribution in [-0.4, -0.2) is 31.5 Å². The second-order valence-electron chi connectivity index (χ2n) is 10.5. The van der Waals surface area contributed by atoms with Crippen molar-refractivity contribution in [3.05, 3.63) is 29.1 Å². The summed E-state index contributed by atoms with van der Waals surface area (Å²) in [6, 6.07) is 3.96. The number of ether oxygens (including phenoxy) is 3. The Morgan fingerprint density at radius 2 is 1.59 bits per heavy atom. The van der Waals surface area contributed by atoms with Crippen LogP contribution in [-0.2, 0) is 15.9 Å². The first-order valence-corrected chi connectivity index (χ1v) is 13.3. The predicted octanol–water partition coefficient (Wildman–Crippen LogP) is 7.35. The molecule has 1 aromatic rings. The SMILES string of the molecule is CCCOC1CCC(c2cc(F)c3c(c2)CCC(CCCOC2CCC(C)CC2)O3)CC1. The summed E-state index contributed by atoms with van der Waals surface area (Å²) < 4.78 is 33.1. The Kier molecular flexibility index (Phi) is 8.88. The number of halogens is 1. The predicted molar refractivity (Wildman–Crippen MR) is 127 cm³/mol.